The third-order valence-electron chi connectivity index (χ3n) is 5.49. The average Bonchev–Trinajstić information content (AvgIpc) is 3.33. The molecular formula is C19H22F3N5O. The zero-order valence-electron chi connectivity index (χ0n) is 15.4. The lowest BCUT2D eigenvalue weighted by atomic mass is 10.1. The molecule has 1 fully saturated rings. The lowest BCUT2D eigenvalue weighted by molar-refractivity contribution is -0.137. The normalized spacial score (nSPS) is 20.4. The minimum absolute atomic E-state index is 0.0722. The molecule has 4 rings (SSSR count). The number of amides is 1. The van der Waals surface area contributed by atoms with Gasteiger partial charge in [0.05, 0.1) is 12.0 Å². The fourth-order valence-corrected chi connectivity index (χ4v) is 3.98. The smallest absolute Gasteiger partial charge is 0.329 e. The van der Waals surface area contributed by atoms with Gasteiger partial charge in [-0.2, -0.15) is 13.2 Å². The number of nitrogens with zero attached hydrogens (tertiary/aromatic N) is 5. The van der Waals surface area contributed by atoms with E-state index in [9.17, 15) is 18.0 Å². The van der Waals surface area contributed by atoms with Gasteiger partial charge in [0.2, 0.25) is 5.91 Å². The van der Waals surface area contributed by atoms with E-state index in [0.717, 1.165) is 43.9 Å². The van der Waals surface area contributed by atoms with Gasteiger partial charge in [0.25, 0.3) is 0 Å². The number of aromatic nitrogens is 3. The van der Waals surface area contributed by atoms with Crippen molar-refractivity contribution in [3.63, 3.8) is 0 Å². The number of alkyl halides is 3. The lowest BCUT2D eigenvalue weighted by Gasteiger charge is -2.37. The molecule has 0 saturated carbocycles. The highest BCUT2D eigenvalue weighted by molar-refractivity contribution is 5.79. The Labute approximate surface area is 160 Å². The number of hydrogen-bond acceptors (Lipinski definition) is 4. The largest absolute Gasteiger partial charge is 0.416 e. The summed E-state index contributed by atoms with van der Waals surface area (Å²) in [4.78, 5) is 17.1. The van der Waals surface area contributed by atoms with Gasteiger partial charge in [0.1, 0.15) is 12.4 Å². The highest BCUT2D eigenvalue weighted by Gasteiger charge is 2.35. The van der Waals surface area contributed by atoms with E-state index in [2.05, 4.69) is 15.1 Å². The predicted octanol–water partition coefficient (Wildman–Crippen LogP) is 2.52. The minimum Gasteiger partial charge on any atom is -0.329 e. The number of carbonyl (C=O) groups excluding carboxylic acids is 1. The molecule has 2 aliphatic heterocycles. The first kappa shape index (κ1) is 18.9. The summed E-state index contributed by atoms with van der Waals surface area (Å²) >= 11 is 0. The zero-order valence-corrected chi connectivity index (χ0v) is 15.4. The SMILES string of the molecule is O=C(Cc1ccc(C(F)(F)F)cc1)N1CCn2cnnc2C1CN1CCCC1. The Morgan fingerprint density at radius 2 is 1.79 bits per heavy atom. The van der Waals surface area contributed by atoms with E-state index < -0.39 is 11.7 Å². The summed E-state index contributed by atoms with van der Waals surface area (Å²) in [7, 11) is 0. The van der Waals surface area contributed by atoms with Crippen LogP contribution in [0.25, 0.3) is 0 Å². The number of benzene rings is 1. The summed E-state index contributed by atoms with van der Waals surface area (Å²) in [6, 6.07) is 4.62. The lowest BCUT2D eigenvalue weighted by Crippen LogP contribution is -2.47. The van der Waals surface area contributed by atoms with Crippen molar-refractivity contribution in [2.75, 3.05) is 26.2 Å². The number of carbonyl (C=O) groups is 1. The van der Waals surface area contributed by atoms with E-state index >= 15 is 0 Å². The first-order chi connectivity index (χ1) is 13.4. The predicted molar refractivity (Wildman–Crippen MR) is 95.3 cm³/mol. The van der Waals surface area contributed by atoms with E-state index in [1.54, 1.807) is 11.2 Å². The Morgan fingerprint density at radius 1 is 1.07 bits per heavy atom. The molecule has 0 N–H and O–H groups in total. The van der Waals surface area contributed by atoms with Gasteiger partial charge in [-0.25, -0.2) is 0 Å². The summed E-state index contributed by atoms with van der Waals surface area (Å²) in [5.74, 6) is 0.678. The fourth-order valence-electron chi connectivity index (χ4n) is 3.98. The average molecular weight is 393 g/mol. The number of hydrogen-bond donors (Lipinski definition) is 0. The fraction of sp³-hybridized carbons (Fsp3) is 0.526. The van der Waals surface area contributed by atoms with E-state index in [0.29, 0.717) is 25.2 Å². The summed E-state index contributed by atoms with van der Waals surface area (Å²) in [6.45, 7) is 3.88. The highest BCUT2D eigenvalue weighted by atomic mass is 19.4. The number of rotatable bonds is 4. The second-order valence-electron chi connectivity index (χ2n) is 7.36. The van der Waals surface area contributed by atoms with Gasteiger partial charge < -0.3 is 14.4 Å². The molecule has 1 aromatic carbocycles. The maximum atomic E-state index is 13.0. The van der Waals surface area contributed by atoms with Crippen molar-refractivity contribution in [1.82, 2.24) is 24.6 Å². The molecule has 0 aliphatic carbocycles. The summed E-state index contributed by atoms with van der Waals surface area (Å²) in [6.07, 6.45) is -0.315. The number of likely N-dealkylation sites (tertiary alicyclic amines) is 1. The van der Waals surface area contributed by atoms with Crippen molar-refractivity contribution in [3.8, 4) is 0 Å². The van der Waals surface area contributed by atoms with Crippen LogP contribution in [0.1, 0.15) is 35.8 Å². The van der Waals surface area contributed by atoms with Crippen molar-refractivity contribution in [3.05, 3.63) is 47.5 Å². The summed E-state index contributed by atoms with van der Waals surface area (Å²) < 4.78 is 40.2. The second kappa shape index (κ2) is 7.54. The van der Waals surface area contributed by atoms with Gasteiger partial charge in [-0.15, -0.1) is 10.2 Å². The van der Waals surface area contributed by atoms with Crippen LogP contribution in [0.5, 0.6) is 0 Å². The second-order valence-corrected chi connectivity index (χ2v) is 7.36. The molecule has 3 heterocycles. The zero-order chi connectivity index (χ0) is 19.7. The molecule has 0 radical (unpaired) electrons. The maximum absolute atomic E-state index is 13.0. The van der Waals surface area contributed by atoms with E-state index in [-0.39, 0.29) is 18.4 Å². The van der Waals surface area contributed by atoms with Crippen LogP contribution in [0, 0.1) is 0 Å². The molecule has 1 atom stereocenters. The third-order valence-corrected chi connectivity index (χ3v) is 5.49. The van der Waals surface area contributed by atoms with Gasteiger partial charge in [0, 0.05) is 19.6 Å². The monoisotopic (exact) mass is 393 g/mol. The van der Waals surface area contributed by atoms with Crippen LogP contribution in [0.4, 0.5) is 13.2 Å². The molecule has 6 nitrogen and oxygen atoms in total. The van der Waals surface area contributed by atoms with Crippen molar-refractivity contribution < 1.29 is 18.0 Å². The van der Waals surface area contributed by atoms with Gasteiger partial charge in [0.15, 0.2) is 5.82 Å². The molecule has 2 aliphatic rings. The van der Waals surface area contributed by atoms with Crippen LogP contribution in [0.3, 0.4) is 0 Å². The van der Waals surface area contributed by atoms with Crippen LogP contribution >= 0.6 is 0 Å². The molecular weight excluding hydrogens is 371 g/mol. The Balaban J connectivity index is 1.50. The molecule has 1 aromatic heterocycles. The van der Waals surface area contributed by atoms with Gasteiger partial charge in [-0.1, -0.05) is 12.1 Å². The topological polar surface area (TPSA) is 54.3 Å². The van der Waals surface area contributed by atoms with Crippen LogP contribution in [-0.4, -0.2) is 56.7 Å². The van der Waals surface area contributed by atoms with Crippen molar-refractivity contribution in [2.24, 2.45) is 0 Å². The quantitative estimate of drug-likeness (QED) is 0.801. The molecule has 1 amide bonds. The molecule has 150 valence electrons. The van der Waals surface area contributed by atoms with Crippen LogP contribution in [-0.2, 0) is 23.9 Å². The highest BCUT2D eigenvalue weighted by Crippen LogP contribution is 2.30. The molecule has 0 spiro atoms. The van der Waals surface area contributed by atoms with Crippen LogP contribution in [0.15, 0.2) is 30.6 Å². The third kappa shape index (κ3) is 3.89. The van der Waals surface area contributed by atoms with E-state index in [1.807, 2.05) is 4.57 Å². The van der Waals surface area contributed by atoms with Crippen LogP contribution < -0.4 is 0 Å². The van der Waals surface area contributed by atoms with Gasteiger partial charge in [-0.3, -0.25) is 4.79 Å². The summed E-state index contributed by atoms with van der Waals surface area (Å²) in [5.41, 5.74) is -0.133. The molecule has 1 saturated heterocycles. The minimum atomic E-state index is -4.37. The molecule has 1 unspecified atom stereocenters. The van der Waals surface area contributed by atoms with Crippen molar-refractivity contribution >= 4 is 5.91 Å². The maximum Gasteiger partial charge on any atom is 0.416 e. The first-order valence-electron chi connectivity index (χ1n) is 9.47. The Hall–Kier alpha value is -2.42. The van der Waals surface area contributed by atoms with Crippen molar-refractivity contribution in [1.29, 1.82) is 0 Å². The van der Waals surface area contributed by atoms with Gasteiger partial charge >= 0.3 is 6.18 Å². The van der Waals surface area contributed by atoms with Gasteiger partial charge in [-0.05, 0) is 43.6 Å². The van der Waals surface area contributed by atoms with E-state index in [4.69, 9.17) is 0 Å². The number of fused-ring (bicyclic) bond motifs is 1. The Bertz CT molecular complexity index is 827. The van der Waals surface area contributed by atoms with Crippen LogP contribution in [0.2, 0.25) is 0 Å². The first-order valence-corrected chi connectivity index (χ1v) is 9.47. The molecule has 9 heteroatoms. The summed E-state index contributed by atoms with van der Waals surface area (Å²) in [5, 5.41) is 8.21. The standard InChI is InChI=1S/C19H22F3N5O/c20-19(21,22)15-5-3-14(4-6-15)11-17(28)27-10-9-26-13-23-24-18(26)16(27)12-25-7-1-2-8-25/h3-6,13,16H,1-2,7-12H2. The molecule has 0 bridgehead atoms. The Morgan fingerprint density at radius 3 is 2.46 bits per heavy atom. The number of halogens is 3. The Kier molecular flexibility index (Phi) is 5.09. The molecule has 2 aromatic rings. The van der Waals surface area contributed by atoms with Crippen molar-refractivity contribution in [2.45, 2.75) is 38.0 Å². The molecule has 28 heavy (non-hydrogen) atoms. The van der Waals surface area contributed by atoms with E-state index in [1.165, 1.54) is 12.1 Å².